The largest absolute Gasteiger partial charge is 0.395 e. The fraction of sp³-hybridized carbons (Fsp3) is 0.923. The van der Waals surface area contributed by atoms with Crippen LogP contribution in [-0.4, -0.2) is 48.0 Å². The minimum atomic E-state index is -1.08. The SMILES string of the molecule is COC(/C(=N\OCC(C)C)[C@@H](O)[C@@H](C)O)C(C)C. The molecule has 0 aromatic rings. The zero-order chi connectivity index (χ0) is 14.3. The van der Waals surface area contributed by atoms with Crippen molar-refractivity contribution < 1.29 is 19.8 Å². The third kappa shape index (κ3) is 5.80. The lowest BCUT2D eigenvalue weighted by Crippen LogP contribution is -2.42. The van der Waals surface area contributed by atoms with E-state index in [1.165, 1.54) is 6.92 Å². The van der Waals surface area contributed by atoms with Crippen molar-refractivity contribution in [2.75, 3.05) is 13.7 Å². The van der Waals surface area contributed by atoms with Gasteiger partial charge in [-0.3, -0.25) is 0 Å². The van der Waals surface area contributed by atoms with Crippen LogP contribution in [0.4, 0.5) is 0 Å². The van der Waals surface area contributed by atoms with Gasteiger partial charge >= 0.3 is 0 Å². The van der Waals surface area contributed by atoms with Crippen LogP contribution in [0.25, 0.3) is 0 Å². The average Bonchev–Trinajstić information content (AvgIpc) is 2.25. The van der Waals surface area contributed by atoms with Crippen molar-refractivity contribution >= 4 is 5.71 Å². The molecule has 0 aliphatic carbocycles. The van der Waals surface area contributed by atoms with E-state index in [0.29, 0.717) is 18.2 Å². The van der Waals surface area contributed by atoms with Gasteiger partial charge < -0.3 is 19.8 Å². The number of hydrogen-bond donors (Lipinski definition) is 2. The van der Waals surface area contributed by atoms with Crippen LogP contribution >= 0.6 is 0 Å². The molecule has 0 saturated heterocycles. The van der Waals surface area contributed by atoms with Gasteiger partial charge in [-0.25, -0.2) is 0 Å². The zero-order valence-corrected chi connectivity index (χ0v) is 12.3. The van der Waals surface area contributed by atoms with Gasteiger partial charge in [0, 0.05) is 7.11 Å². The van der Waals surface area contributed by atoms with Crippen molar-refractivity contribution in [2.24, 2.45) is 17.0 Å². The summed E-state index contributed by atoms with van der Waals surface area (Å²) in [5.41, 5.74) is 0.336. The van der Waals surface area contributed by atoms with E-state index >= 15 is 0 Å². The zero-order valence-electron chi connectivity index (χ0n) is 12.3. The van der Waals surface area contributed by atoms with E-state index in [-0.39, 0.29) is 12.0 Å². The Morgan fingerprint density at radius 2 is 1.67 bits per heavy atom. The first-order valence-corrected chi connectivity index (χ1v) is 6.39. The smallest absolute Gasteiger partial charge is 0.124 e. The highest BCUT2D eigenvalue weighted by molar-refractivity contribution is 5.92. The Labute approximate surface area is 110 Å². The Balaban J connectivity index is 4.91. The number of oxime groups is 1. The quantitative estimate of drug-likeness (QED) is 0.512. The molecule has 0 spiro atoms. The van der Waals surface area contributed by atoms with E-state index in [1.807, 2.05) is 27.7 Å². The van der Waals surface area contributed by atoms with Crippen molar-refractivity contribution in [2.45, 2.75) is 52.9 Å². The summed E-state index contributed by atoms with van der Waals surface area (Å²) in [6, 6.07) is 0. The highest BCUT2D eigenvalue weighted by atomic mass is 16.6. The average molecular weight is 261 g/mol. The van der Waals surface area contributed by atoms with E-state index in [9.17, 15) is 10.2 Å². The van der Waals surface area contributed by atoms with E-state index in [1.54, 1.807) is 7.11 Å². The normalized spacial score (nSPS) is 18.0. The summed E-state index contributed by atoms with van der Waals surface area (Å²) in [5, 5.41) is 23.4. The maximum Gasteiger partial charge on any atom is 0.124 e. The van der Waals surface area contributed by atoms with Crippen LogP contribution in [0.2, 0.25) is 0 Å². The molecule has 0 rings (SSSR count). The number of aliphatic hydroxyl groups excluding tert-OH is 2. The summed E-state index contributed by atoms with van der Waals surface area (Å²) >= 11 is 0. The first-order valence-electron chi connectivity index (χ1n) is 6.39. The number of ether oxygens (including phenoxy) is 1. The predicted molar refractivity (Wildman–Crippen MR) is 71.5 cm³/mol. The maximum absolute atomic E-state index is 9.96. The van der Waals surface area contributed by atoms with Gasteiger partial charge in [0.2, 0.25) is 0 Å². The van der Waals surface area contributed by atoms with Gasteiger partial charge in [-0.15, -0.1) is 0 Å². The lowest BCUT2D eigenvalue weighted by atomic mass is 9.96. The van der Waals surface area contributed by atoms with E-state index in [2.05, 4.69) is 5.16 Å². The number of aliphatic hydroxyl groups is 2. The monoisotopic (exact) mass is 261 g/mol. The van der Waals surface area contributed by atoms with Gasteiger partial charge in [-0.2, -0.15) is 0 Å². The molecule has 5 heteroatoms. The minimum absolute atomic E-state index is 0.129. The second-order valence-corrected chi connectivity index (χ2v) is 5.29. The fourth-order valence-electron chi connectivity index (χ4n) is 1.52. The molecule has 5 nitrogen and oxygen atoms in total. The fourth-order valence-corrected chi connectivity index (χ4v) is 1.52. The molecular weight excluding hydrogens is 234 g/mol. The third-order valence-corrected chi connectivity index (χ3v) is 2.49. The summed E-state index contributed by atoms with van der Waals surface area (Å²) in [6.07, 6.45) is -2.37. The molecule has 0 heterocycles. The van der Waals surface area contributed by atoms with Gasteiger partial charge in [-0.05, 0) is 18.8 Å². The van der Waals surface area contributed by atoms with Crippen molar-refractivity contribution in [3.63, 3.8) is 0 Å². The van der Waals surface area contributed by atoms with Crippen LogP contribution < -0.4 is 0 Å². The molecule has 2 N–H and O–H groups in total. The van der Waals surface area contributed by atoms with Crippen LogP contribution in [0, 0.1) is 11.8 Å². The highest BCUT2D eigenvalue weighted by Gasteiger charge is 2.29. The first-order chi connectivity index (χ1) is 8.31. The molecule has 0 bridgehead atoms. The second kappa shape index (κ2) is 8.45. The predicted octanol–water partition coefficient (Wildman–Crippen LogP) is 1.43. The summed E-state index contributed by atoms with van der Waals surface area (Å²) in [4.78, 5) is 5.20. The number of rotatable bonds is 8. The van der Waals surface area contributed by atoms with E-state index in [0.717, 1.165) is 0 Å². The Bertz CT molecular complexity index is 251. The van der Waals surface area contributed by atoms with Gasteiger partial charge in [0.1, 0.15) is 24.5 Å². The molecule has 0 aliphatic heterocycles. The molecule has 0 fully saturated rings. The van der Waals surface area contributed by atoms with Crippen molar-refractivity contribution in [3.05, 3.63) is 0 Å². The van der Waals surface area contributed by atoms with Gasteiger partial charge in [0.15, 0.2) is 0 Å². The standard InChI is InChI=1S/C13H27NO4/c1-8(2)7-18-14-11(12(16)10(5)15)13(17-6)9(3)4/h8-10,12-13,15-16H,7H2,1-6H3/b14-11-/t10-,12+,13?/m1/s1. The Hall–Kier alpha value is -0.650. The van der Waals surface area contributed by atoms with Gasteiger partial charge in [0.25, 0.3) is 0 Å². The van der Waals surface area contributed by atoms with Crippen molar-refractivity contribution in [1.82, 2.24) is 0 Å². The molecular formula is C13H27NO4. The topological polar surface area (TPSA) is 71.3 Å². The number of methoxy groups -OCH3 is 1. The van der Waals surface area contributed by atoms with Gasteiger partial charge in [-0.1, -0.05) is 32.9 Å². The van der Waals surface area contributed by atoms with Crippen molar-refractivity contribution in [3.8, 4) is 0 Å². The Kier molecular flexibility index (Phi) is 8.15. The maximum atomic E-state index is 9.96. The van der Waals surface area contributed by atoms with Crippen LogP contribution in [0.5, 0.6) is 0 Å². The summed E-state index contributed by atoms with van der Waals surface area (Å²) in [5.74, 6) is 0.475. The highest BCUT2D eigenvalue weighted by Crippen LogP contribution is 2.13. The molecule has 108 valence electrons. The van der Waals surface area contributed by atoms with Crippen LogP contribution in [0.3, 0.4) is 0 Å². The molecule has 0 aromatic carbocycles. The lowest BCUT2D eigenvalue weighted by molar-refractivity contribution is 0.0421. The molecule has 0 saturated carbocycles. The third-order valence-electron chi connectivity index (χ3n) is 2.49. The van der Waals surface area contributed by atoms with E-state index in [4.69, 9.17) is 9.57 Å². The molecule has 0 amide bonds. The Morgan fingerprint density at radius 1 is 1.11 bits per heavy atom. The second-order valence-electron chi connectivity index (χ2n) is 5.29. The van der Waals surface area contributed by atoms with Crippen molar-refractivity contribution in [1.29, 1.82) is 0 Å². The molecule has 3 atom stereocenters. The molecule has 0 aliphatic rings. The van der Waals surface area contributed by atoms with Crippen LogP contribution in [0.1, 0.15) is 34.6 Å². The van der Waals surface area contributed by atoms with Crippen LogP contribution in [-0.2, 0) is 9.57 Å². The minimum Gasteiger partial charge on any atom is -0.395 e. The van der Waals surface area contributed by atoms with E-state index < -0.39 is 12.2 Å². The number of nitrogens with zero attached hydrogens (tertiary/aromatic N) is 1. The van der Waals surface area contributed by atoms with Crippen LogP contribution in [0.15, 0.2) is 5.16 Å². The summed E-state index contributed by atoms with van der Waals surface area (Å²) < 4.78 is 5.32. The van der Waals surface area contributed by atoms with Gasteiger partial charge in [0.05, 0.1) is 6.10 Å². The molecule has 0 aromatic heterocycles. The Morgan fingerprint density at radius 3 is 2.00 bits per heavy atom. The number of hydrogen-bond acceptors (Lipinski definition) is 5. The summed E-state index contributed by atoms with van der Waals surface area (Å²) in [7, 11) is 1.55. The molecule has 18 heavy (non-hydrogen) atoms. The lowest BCUT2D eigenvalue weighted by Gasteiger charge is -2.25. The molecule has 1 unspecified atom stereocenters. The molecule has 0 radical (unpaired) electrons. The first kappa shape index (κ1) is 17.4. The summed E-state index contributed by atoms with van der Waals surface area (Å²) in [6.45, 7) is 9.91.